The molecule has 0 saturated carbocycles. The molecule has 0 radical (unpaired) electrons. The smallest absolute Gasteiger partial charge is 0.198 e. The molecule has 3 aliphatic rings. The third kappa shape index (κ3) is 3.71. The van der Waals surface area contributed by atoms with Crippen molar-refractivity contribution in [3.05, 3.63) is 62.7 Å². The molecule has 2 aliphatic carbocycles. The molecule has 2 aromatic carbocycles. The molecule has 3 unspecified atom stereocenters. The van der Waals surface area contributed by atoms with Gasteiger partial charge in [0.05, 0.1) is 42.2 Å². The molecular formula is C28H33NO7. The predicted molar refractivity (Wildman–Crippen MR) is 131 cm³/mol. The number of fused-ring (bicyclic) bond motifs is 3. The van der Waals surface area contributed by atoms with Gasteiger partial charge in [0.2, 0.25) is 0 Å². The number of phenols is 1. The molecule has 0 aromatic heterocycles. The van der Waals surface area contributed by atoms with E-state index in [9.17, 15) is 24.9 Å². The van der Waals surface area contributed by atoms with E-state index in [4.69, 9.17) is 15.2 Å². The van der Waals surface area contributed by atoms with E-state index in [1.165, 1.54) is 0 Å². The molecule has 1 saturated heterocycles. The zero-order chi connectivity index (χ0) is 26.1. The summed E-state index contributed by atoms with van der Waals surface area (Å²) in [6.45, 7) is 7.06. The molecule has 0 amide bonds. The maximum atomic E-state index is 13.6. The summed E-state index contributed by atoms with van der Waals surface area (Å²) in [5.74, 6) is -1.06. The molecule has 1 aliphatic heterocycles. The third-order valence-electron chi connectivity index (χ3n) is 8.06. The molecule has 8 heteroatoms. The Morgan fingerprint density at radius 2 is 1.89 bits per heavy atom. The number of ether oxygens (including phenoxy) is 2. The van der Waals surface area contributed by atoms with Gasteiger partial charge < -0.3 is 30.5 Å². The number of aryl methyl sites for hydroxylation is 1. The number of ketones is 2. The van der Waals surface area contributed by atoms with Crippen LogP contribution in [0.15, 0.2) is 18.2 Å². The van der Waals surface area contributed by atoms with Gasteiger partial charge in [-0.05, 0) is 63.6 Å². The highest BCUT2D eigenvalue weighted by molar-refractivity contribution is 6.30. The molecule has 2 aromatic rings. The van der Waals surface area contributed by atoms with Crippen molar-refractivity contribution in [3.63, 3.8) is 0 Å². The van der Waals surface area contributed by atoms with Crippen LogP contribution in [0.25, 0.3) is 0 Å². The van der Waals surface area contributed by atoms with Gasteiger partial charge in [-0.3, -0.25) is 9.59 Å². The van der Waals surface area contributed by atoms with E-state index in [-0.39, 0.29) is 35.4 Å². The Bertz CT molecular complexity index is 1260. The van der Waals surface area contributed by atoms with Crippen LogP contribution in [0.5, 0.6) is 5.75 Å². The van der Waals surface area contributed by atoms with Gasteiger partial charge in [-0.2, -0.15) is 0 Å². The number of rotatable bonds is 3. The van der Waals surface area contributed by atoms with Gasteiger partial charge in [0.15, 0.2) is 11.6 Å². The largest absolute Gasteiger partial charge is 0.507 e. The van der Waals surface area contributed by atoms with Gasteiger partial charge in [0.25, 0.3) is 0 Å². The van der Waals surface area contributed by atoms with E-state index in [1.807, 2.05) is 0 Å². The Labute approximate surface area is 210 Å². The van der Waals surface area contributed by atoms with Gasteiger partial charge in [-0.15, -0.1) is 0 Å². The van der Waals surface area contributed by atoms with Crippen molar-refractivity contribution >= 4 is 11.6 Å². The fourth-order valence-electron chi connectivity index (χ4n) is 6.23. The van der Waals surface area contributed by atoms with E-state index in [1.54, 1.807) is 45.9 Å². The molecule has 6 atom stereocenters. The molecule has 192 valence electrons. The minimum atomic E-state index is -1.32. The Hall–Kier alpha value is -2.62. The summed E-state index contributed by atoms with van der Waals surface area (Å²) in [4.78, 5) is 27.2. The molecule has 1 fully saturated rings. The van der Waals surface area contributed by atoms with Crippen molar-refractivity contribution in [2.24, 2.45) is 5.73 Å². The number of carbonyl (C=O) groups excluding carboxylic acids is 2. The van der Waals surface area contributed by atoms with Gasteiger partial charge in [0.1, 0.15) is 5.75 Å². The second-order valence-corrected chi connectivity index (χ2v) is 10.7. The SMILES string of the molecule is Cc1cccc2c1C(=O)c1c(O)c3c(c(C)c1C2=O)[C@](C)(O)CC[C@@H]3OCC1CC(N)[C@@H](O)C(C)O1. The average molecular weight is 496 g/mol. The van der Waals surface area contributed by atoms with Crippen LogP contribution < -0.4 is 5.73 Å². The van der Waals surface area contributed by atoms with E-state index >= 15 is 0 Å². The fraction of sp³-hybridized carbons (Fsp3) is 0.500. The van der Waals surface area contributed by atoms with Gasteiger partial charge in [-0.1, -0.05) is 18.2 Å². The van der Waals surface area contributed by atoms with Crippen LogP contribution in [0.4, 0.5) is 0 Å². The van der Waals surface area contributed by atoms with E-state index in [0.29, 0.717) is 52.6 Å². The Balaban J connectivity index is 1.58. The standard InChI is InChI=1S/C28H33NO7/c1-12-6-5-7-16-19(12)26(32)22-20(25(16)31)13(2)23-21(27(22)33)18(8-9-28(23,4)34)35-11-15-10-17(29)24(30)14(3)36-15/h5-7,14-15,17-18,24,30,33-34H,8-11,29H2,1-4H3/t14?,15?,17?,18-,24-,28+/m0/s1. The molecule has 0 spiro atoms. The molecule has 5 N–H and O–H groups in total. The van der Waals surface area contributed by atoms with E-state index < -0.39 is 35.7 Å². The molecule has 0 bridgehead atoms. The van der Waals surface area contributed by atoms with Crippen LogP contribution in [0.2, 0.25) is 0 Å². The van der Waals surface area contributed by atoms with Crippen molar-refractivity contribution < 1.29 is 34.4 Å². The lowest BCUT2D eigenvalue weighted by molar-refractivity contribution is -0.147. The molecule has 36 heavy (non-hydrogen) atoms. The Kier molecular flexibility index (Phi) is 6.08. The minimum Gasteiger partial charge on any atom is -0.507 e. The average Bonchev–Trinajstić information content (AvgIpc) is 2.81. The van der Waals surface area contributed by atoms with Crippen LogP contribution in [0.1, 0.15) is 93.3 Å². The molecule has 5 rings (SSSR count). The summed E-state index contributed by atoms with van der Waals surface area (Å²) in [7, 11) is 0. The highest BCUT2D eigenvalue weighted by Gasteiger charge is 2.45. The second kappa shape index (κ2) is 8.75. The van der Waals surface area contributed by atoms with Crippen molar-refractivity contribution in [1.82, 2.24) is 0 Å². The number of aliphatic hydroxyl groups excluding tert-OH is 1. The van der Waals surface area contributed by atoms with Crippen molar-refractivity contribution in [3.8, 4) is 5.75 Å². The third-order valence-corrected chi connectivity index (χ3v) is 8.06. The first-order valence-corrected chi connectivity index (χ1v) is 12.5. The molecular weight excluding hydrogens is 462 g/mol. The number of hydrogen-bond acceptors (Lipinski definition) is 8. The zero-order valence-corrected chi connectivity index (χ0v) is 21.0. The number of phenolic OH excluding ortho intramolecular Hbond substituents is 1. The maximum Gasteiger partial charge on any atom is 0.198 e. The van der Waals surface area contributed by atoms with Crippen LogP contribution in [0.3, 0.4) is 0 Å². The van der Waals surface area contributed by atoms with Gasteiger partial charge >= 0.3 is 0 Å². The summed E-state index contributed by atoms with van der Waals surface area (Å²) >= 11 is 0. The minimum absolute atomic E-state index is 0.0305. The fourth-order valence-corrected chi connectivity index (χ4v) is 6.23. The lowest BCUT2D eigenvalue weighted by Crippen LogP contribution is -2.52. The van der Waals surface area contributed by atoms with E-state index in [2.05, 4.69) is 0 Å². The van der Waals surface area contributed by atoms with Crippen LogP contribution in [-0.2, 0) is 15.1 Å². The Morgan fingerprint density at radius 1 is 1.17 bits per heavy atom. The van der Waals surface area contributed by atoms with Crippen LogP contribution in [0, 0.1) is 13.8 Å². The number of aromatic hydroxyl groups is 1. The zero-order valence-electron chi connectivity index (χ0n) is 21.0. The number of aliphatic hydroxyl groups is 2. The summed E-state index contributed by atoms with van der Waals surface area (Å²) in [5.41, 5.74) is 7.35. The number of carbonyl (C=O) groups is 2. The number of nitrogens with two attached hydrogens (primary N) is 1. The summed E-state index contributed by atoms with van der Waals surface area (Å²) in [6, 6.07) is 4.69. The van der Waals surface area contributed by atoms with Gasteiger partial charge in [-0.25, -0.2) is 0 Å². The molecule has 1 heterocycles. The summed E-state index contributed by atoms with van der Waals surface area (Å²) in [6.07, 6.45) is -0.977. The second-order valence-electron chi connectivity index (χ2n) is 10.7. The predicted octanol–water partition coefficient (Wildman–Crippen LogP) is 2.71. The first-order chi connectivity index (χ1) is 16.9. The summed E-state index contributed by atoms with van der Waals surface area (Å²) < 4.78 is 12.1. The number of hydrogen-bond donors (Lipinski definition) is 4. The van der Waals surface area contributed by atoms with Crippen molar-refractivity contribution in [1.29, 1.82) is 0 Å². The van der Waals surface area contributed by atoms with Crippen molar-refractivity contribution in [2.75, 3.05) is 6.61 Å². The monoisotopic (exact) mass is 495 g/mol. The summed E-state index contributed by atoms with van der Waals surface area (Å²) in [5, 5.41) is 32.9. The Morgan fingerprint density at radius 3 is 2.58 bits per heavy atom. The number of benzene rings is 2. The first-order valence-electron chi connectivity index (χ1n) is 12.5. The normalized spacial score (nSPS) is 31.6. The van der Waals surface area contributed by atoms with Gasteiger partial charge in [0, 0.05) is 28.3 Å². The highest BCUT2D eigenvalue weighted by atomic mass is 16.6. The molecule has 8 nitrogen and oxygen atoms in total. The van der Waals surface area contributed by atoms with E-state index in [0.717, 1.165) is 0 Å². The topological polar surface area (TPSA) is 139 Å². The van der Waals surface area contributed by atoms with Crippen molar-refractivity contribution in [2.45, 2.75) is 83.0 Å². The quantitative estimate of drug-likeness (QED) is 0.435. The van der Waals surface area contributed by atoms with Crippen LogP contribution in [-0.4, -0.2) is 57.8 Å². The lowest BCUT2D eigenvalue weighted by atomic mass is 9.70. The van der Waals surface area contributed by atoms with Crippen LogP contribution >= 0.6 is 0 Å². The highest BCUT2D eigenvalue weighted by Crippen LogP contribution is 2.51. The maximum absolute atomic E-state index is 13.6. The lowest BCUT2D eigenvalue weighted by Gasteiger charge is -2.40. The first kappa shape index (κ1) is 25.0.